The van der Waals surface area contributed by atoms with Crippen molar-refractivity contribution in [3.63, 3.8) is 0 Å². The second kappa shape index (κ2) is 3.86. The molecule has 1 saturated carbocycles. The molecule has 1 aromatic rings. The normalized spacial score (nSPS) is 18.4. The third-order valence-corrected chi connectivity index (χ3v) is 4.28. The molecule has 1 aliphatic rings. The Kier molecular flexibility index (Phi) is 2.80. The summed E-state index contributed by atoms with van der Waals surface area (Å²) in [5, 5.41) is 5.24. The topological polar surface area (TPSA) is 60.2 Å². The Morgan fingerprint density at radius 2 is 2.00 bits per heavy atom. The van der Waals surface area contributed by atoms with Crippen LogP contribution in [0.15, 0.2) is 23.1 Å². The lowest BCUT2D eigenvalue weighted by atomic mass is 9.95. The predicted octanol–water partition coefficient (Wildman–Crippen LogP) is 2.16. The summed E-state index contributed by atoms with van der Waals surface area (Å²) in [6.07, 6.45) is 2.39. The van der Waals surface area contributed by atoms with Gasteiger partial charge in [-0.1, -0.05) is 24.6 Å². The summed E-state index contributed by atoms with van der Waals surface area (Å²) >= 11 is 0. The number of aryl methyl sites for hydroxylation is 1. The lowest BCUT2D eigenvalue weighted by Crippen LogP contribution is -2.16. The zero-order valence-electron chi connectivity index (χ0n) is 9.60. The standard InChI is InChI=1S/C12H17NO2S/c1-8-3-6-12(16(13,14)15)11(7-8)9(2)10-4-5-10/h3,6-7,9-10H,4-5H2,1-2H3,(H2,13,14,15). The van der Waals surface area contributed by atoms with Crippen molar-refractivity contribution in [3.05, 3.63) is 29.3 Å². The van der Waals surface area contributed by atoms with Crippen LogP contribution >= 0.6 is 0 Å². The molecule has 3 nitrogen and oxygen atoms in total. The number of hydrogen-bond donors (Lipinski definition) is 1. The Balaban J connectivity index is 2.52. The largest absolute Gasteiger partial charge is 0.238 e. The highest BCUT2D eigenvalue weighted by molar-refractivity contribution is 7.89. The third-order valence-electron chi connectivity index (χ3n) is 3.29. The number of benzene rings is 1. The van der Waals surface area contributed by atoms with Gasteiger partial charge in [0.25, 0.3) is 0 Å². The first-order chi connectivity index (χ1) is 7.39. The molecule has 0 heterocycles. The molecule has 1 atom stereocenters. The van der Waals surface area contributed by atoms with Gasteiger partial charge in [0.1, 0.15) is 0 Å². The summed E-state index contributed by atoms with van der Waals surface area (Å²) in [5.41, 5.74) is 1.96. The van der Waals surface area contributed by atoms with E-state index in [1.165, 1.54) is 12.8 Å². The first kappa shape index (κ1) is 11.6. The molecule has 88 valence electrons. The van der Waals surface area contributed by atoms with Gasteiger partial charge in [-0.2, -0.15) is 0 Å². The van der Waals surface area contributed by atoms with E-state index in [0.29, 0.717) is 5.92 Å². The van der Waals surface area contributed by atoms with Crippen LogP contribution in [-0.4, -0.2) is 8.42 Å². The number of nitrogens with two attached hydrogens (primary N) is 1. The molecule has 0 bridgehead atoms. The van der Waals surface area contributed by atoms with Crippen LogP contribution in [0.25, 0.3) is 0 Å². The van der Waals surface area contributed by atoms with Gasteiger partial charge in [0, 0.05) is 0 Å². The Morgan fingerprint density at radius 3 is 2.50 bits per heavy atom. The van der Waals surface area contributed by atoms with E-state index in [1.54, 1.807) is 12.1 Å². The van der Waals surface area contributed by atoms with E-state index in [4.69, 9.17) is 5.14 Å². The molecule has 16 heavy (non-hydrogen) atoms. The summed E-state index contributed by atoms with van der Waals surface area (Å²) in [6, 6.07) is 5.37. The minimum atomic E-state index is -3.60. The fraction of sp³-hybridized carbons (Fsp3) is 0.500. The summed E-state index contributed by atoms with van der Waals surface area (Å²) < 4.78 is 23.0. The first-order valence-electron chi connectivity index (χ1n) is 5.53. The van der Waals surface area contributed by atoms with Crippen LogP contribution in [0.4, 0.5) is 0 Å². The Morgan fingerprint density at radius 1 is 1.38 bits per heavy atom. The zero-order valence-corrected chi connectivity index (χ0v) is 10.4. The minimum absolute atomic E-state index is 0.285. The first-order valence-corrected chi connectivity index (χ1v) is 7.07. The van der Waals surface area contributed by atoms with Crippen molar-refractivity contribution in [3.8, 4) is 0 Å². The number of primary sulfonamides is 1. The van der Waals surface area contributed by atoms with Gasteiger partial charge < -0.3 is 0 Å². The van der Waals surface area contributed by atoms with Gasteiger partial charge in [-0.3, -0.25) is 0 Å². The average molecular weight is 239 g/mol. The second-order valence-electron chi connectivity index (χ2n) is 4.71. The SMILES string of the molecule is Cc1ccc(S(N)(=O)=O)c(C(C)C2CC2)c1. The highest BCUT2D eigenvalue weighted by Crippen LogP contribution is 2.43. The Labute approximate surface area is 96.7 Å². The number of hydrogen-bond acceptors (Lipinski definition) is 2. The lowest BCUT2D eigenvalue weighted by molar-refractivity contribution is 0.590. The Bertz CT molecular complexity index is 504. The van der Waals surface area contributed by atoms with Gasteiger partial charge in [0.15, 0.2) is 0 Å². The van der Waals surface area contributed by atoms with Crippen molar-refractivity contribution in [1.29, 1.82) is 0 Å². The van der Waals surface area contributed by atoms with Gasteiger partial charge in [-0.15, -0.1) is 0 Å². The van der Waals surface area contributed by atoms with Crippen LogP contribution in [0.5, 0.6) is 0 Å². The molecule has 1 aromatic carbocycles. The quantitative estimate of drug-likeness (QED) is 0.878. The van der Waals surface area contributed by atoms with E-state index in [-0.39, 0.29) is 10.8 Å². The Hall–Kier alpha value is -0.870. The summed E-state index contributed by atoms with van der Waals surface area (Å²) in [6.45, 7) is 4.05. The molecule has 4 heteroatoms. The molecule has 0 saturated heterocycles. The summed E-state index contributed by atoms with van der Waals surface area (Å²) in [7, 11) is -3.60. The van der Waals surface area contributed by atoms with Gasteiger partial charge in [0.2, 0.25) is 10.0 Å². The van der Waals surface area contributed by atoms with E-state index in [2.05, 4.69) is 6.92 Å². The molecule has 0 radical (unpaired) electrons. The van der Waals surface area contributed by atoms with Crippen molar-refractivity contribution in [2.75, 3.05) is 0 Å². The van der Waals surface area contributed by atoms with E-state index < -0.39 is 10.0 Å². The fourth-order valence-electron chi connectivity index (χ4n) is 2.13. The monoisotopic (exact) mass is 239 g/mol. The summed E-state index contributed by atoms with van der Waals surface area (Å²) in [4.78, 5) is 0.289. The van der Waals surface area contributed by atoms with Crippen molar-refractivity contribution in [2.45, 2.75) is 37.5 Å². The molecule has 0 aliphatic heterocycles. The summed E-state index contributed by atoms with van der Waals surface area (Å²) in [5.74, 6) is 0.913. The zero-order chi connectivity index (χ0) is 11.9. The van der Waals surface area contributed by atoms with Crippen LogP contribution in [0.3, 0.4) is 0 Å². The highest BCUT2D eigenvalue weighted by Gasteiger charge is 2.31. The lowest BCUT2D eigenvalue weighted by Gasteiger charge is -2.15. The van der Waals surface area contributed by atoms with Crippen LogP contribution in [0, 0.1) is 12.8 Å². The van der Waals surface area contributed by atoms with Crippen molar-refractivity contribution in [1.82, 2.24) is 0 Å². The van der Waals surface area contributed by atoms with Gasteiger partial charge in [0.05, 0.1) is 4.90 Å². The van der Waals surface area contributed by atoms with Gasteiger partial charge >= 0.3 is 0 Å². The molecule has 0 amide bonds. The smallest absolute Gasteiger partial charge is 0.225 e. The van der Waals surface area contributed by atoms with Gasteiger partial charge in [-0.25, -0.2) is 13.6 Å². The van der Waals surface area contributed by atoms with E-state index in [9.17, 15) is 8.42 Å². The average Bonchev–Trinajstić information content (AvgIpc) is 2.97. The third kappa shape index (κ3) is 2.28. The molecule has 1 aliphatic carbocycles. The minimum Gasteiger partial charge on any atom is -0.225 e. The van der Waals surface area contributed by atoms with Crippen molar-refractivity contribution >= 4 is 10.0 Å². The van der Waals surface area contributed by atoms with E-state index >= 15 is 0 Å². The number of sulfonamides is 1. The molecular weight excluding hydrogens is 222 g/mol. The molecule has 0 spiro atoms. The maximum absolute atomic E-state index is 11.5. The van der Waals surface area contributed by atoms with Gasteiger partial charge in [-0.05, 0) is 43.2 Å². The number of rotatable bonds is 3. The van der Waals surface area contributed by atoms with Crippen LogP contribution in [0.1, 0.15) is 36.8 Å². The van der Waals surface area contributed by atoms with Crippen molar-refractivity contribution < 1.29 is 8.42 Å². The molecule has 2 N–H and O–H groups in total. The second-order valence-corrected chi connectivity index (χ2v) is 6.24. The maximum atomic E-state index is 11.5. The van der Waals surface area contributed by atoms with E-state index in [1.807, 2.05) is 13.0 Å². The molecule has 2 rings (SSSR count). The fourth-order valence-corrected chi connectivity index (χ4v) is 2.96. The van der Waals surface area contributed by atoms with Crippen LogP contribution in [-0.2, 0) is 10.0 Å². The predicted molar refractivity (Wildman–Crippen MR) is 63.7 cm³/mol. The molecule has 1 fully saturated rings. The molecule has 0 aromatic heterocycles. The van der Waals surface area contributed by atoms with Crippen molar-refractivity contribution in [2.24, 2.45) is 11.1 Å². The molecular formula is C12H17NO2S. The van der Waals surface area contributed by atoms with E-state index in [0.717, 1.165) is 11.1 Å². The maximum Gasteiger partial charge on any atom is 0.238 e. The van der Waals surface area contributed by atoms with Crippen LogP contribution in [0.2, 0.25) is 0 Å². The molecule has 1 unspecified atom stereocenters. The highest BCUT2D eigenvalue weighted by atomic mass is 32.2. The van der Waals surface area contributed by atoms with Crippen LogP contribution < -0.4 is 5.14 Å².